The smallest absolute Gasteiger partial charge is 0.358 e. The summed E-state index contributed by atoms with van der Waals surface area (Å²) in [6, 6.07) is 0.636. The second-order valence-corrected chi connectivity index (χ2v) is 5.51. The van der Waals surface area contributed by atoms with Gasteiger partial charge in [0.05, 0.1) is 24.8 Å². The van der Waals surface area contributed by atoms with E-state index in [0.29, 0.717) is 12.6 Å². The van der Waals surface area contributed by atoms with Crippen molar-refractivity contribution in [3.05, 3.63) is 17.7 Å². The van der Waals surface area contributed by atoms with Crippen molar-refractivity contribution in [1.29, 1.82) is 0 Å². The van der Waals surface area contributed by atoms with Gasteiger partial charge < -0.3 is 5.11 Å². The molecule has 110 valence electrons. The molecule has 0 bridgehead atoms. The molecule has 2 aromatic heterocycles. The van der Waals surface area contributed by atoms with Crippen molar-refractivity contribution < 1.29 is 9.90 Å². The zero-order chi connectivity index (χ0) is 14.4. The van der Waals surface area contributed by atoms with Crippen LogP contribution in [0.4, 0.5) is 0 Å². The molecule has 1 saturated heterocycles. The number of aromatic carboxylic acids is 1. The monoisotopic (exact) mass is 290 g/mol. The molecule has 1 N–H and O–H groups in total. The van der Waals surface area contributed by atoms with Crippen LogP contribution < -0.4 is 0 Å². The number of aromatic nitrogens is 7. The first-order chi connectivity index (χ1) is 10.2. The van der Waals surface area contributed by atoms with E-state index in [9.17, 15) is 4.79 Å². The molecule has 0 atom stereocenters. The SMILES string of the molecule is O=C(O)c1cn(C2CN(Cc3nnnn3C3CC3)C2)nn1. The predicted octanol–water partition coefficient (Wildman–Crippen LogP) is -0.645. The van der Waals surface area contributed by atoms with Crippen molar-refractivity contribution in [3.63, 3.8) is 0 Å². The third kappa shape index (κ3) is 2.27. The summed E-state index contributed by atoms with van der Waals surface area (Å²) in [5.74, 6) is -0.165. The molecule has 2 aromatic rings. The Hall–Kier alpha value is -2.36. The first kappa shape index (κ1) is 12.4. The van der Waals surface area contributed by atoms with Gasteiger partial charge in [-0.25, -0.2) is 14.2 Å². The number of nitrogens with zero attached hydrogens (tertiary/aromatic N) is 8. The second kappa shape index (κ2) is 4.58. The Balaban J connectivity index is 1.36. The van der Waals surface area contributed by atoms with E-state index in [0.717, 1.165) is 31.8 Å². The molecule has 0 radical (unpaired) electrons. The predicted molar refractivity (Wildman–Crippen MR) is 67.4 cm³/mol. The maximum absolute atomic E-state index is 10.8. The van der Waals surface area contributed by atoms with E-state index in [1.165, 1.54) is 6.20 Å². The molecule has 1 aliphatic heterocycles. The van der Waals surface area contributed by atoms with E-state index in [-0.39, 0.29) is 11.7 Å². The molecule has 0 amide bonds. The Kier molecular flexibility index (Phi) is 2.70. The zero-order valence-electron chi connectivity index (χ0n) is 11.2. The van der Waals surface area contributed by atoms with Crippen LogP contribution in [-0.2, 0) is 6.54 Å². The lowest BCUT2D eigenvalue weighted by molar-refractivity contribution is 0.0689. The minimum Gasteiger partial charge on any atom is -0.476 e. The average molecular weight is 290 g/mol. The van der Waals surface area contributed by atoms with Gasteiger partial charge in [0.2, 0.25) is 0 Å². The van der Waals surface area contributed by atoms with Crippen LogP contribution in [0.3, 0.4) is 0 Å². The van der Waals surface area contributed by atoms with Crippen molar-refractivity contribution in [2.45, 2.75) is 31.5 Å². The van der Waals surface area contributed by atoms with Gasteiger partial charge in [0.1, 0.15) is 0 Å². The van der Waals surface area contributed by atoms with Crippen molar-refractivity contribution in [1.82, 2.24) is 40.1 Å². The molecule has 10 heteroatoms. The van der Waals surface area contributed by atoms with Crippen LogP contribution in [0.5, 0.6) is 0 Å². The number of rotatable bonds is 5. The van der Waals surface area contributed by atoms with Crippen LogP contribution in [0.2, 0.25) is 0 Å². The van der Waals surface area contributed by atoms with Gasteiger partial charge in [-0.3, -0.25) is 4.90 Å². The fourth-order valence-corrected chi connectivity index (χ4v) is 2.51. The lowest BCUT2D eigenvalue weighted by Gasteiger charge is -2.38. The highest BCUT2D eigenvalue weighted by molar-refractivity contribution is 5.84. The number of carboxylic acid groups (broad SMARTS) is 1. The molecular weight excluding hydrogens is 276 g/mol. The van der Waals surface area contributed by atoms with Crippen molar-refractivity contribution >= 4 is 5.97 Å². The van der Waals surface area contributed by atoms with Gasteiger partial charge >= 0.3 is 5.97 Å². The molecule has 2 aliphatic rings. The molecule has 0 aromatic carbocycles. The summed E-state index contributed by atoms with van der Waals surface area (Å²) in [4.78, 5) is 13.0. The highest BCUT2D eigenvalue weighted by atomic mass is 16.4. The van der Waals surface area contributed by atoms with Gasteiger partial charge in [-0.05, 0) is 23.3 Å². The molecule has 2 fully saturated rings. The minimum absolute atomic E-state index is 0.0221. The van der Waals surface area contributed by atoms with Gasteiger partial charge in [0.25, 0.3) is 0 Å². The average Bonchev–Trinajstić information content (AvgIpc) is 2.97. The van der Waals surface area contributed by atoms with E-state index in [2.05, 4.69) is 30.7 Å². The van der Waals surface area contributed by atoms with Crippen LogP contribution in [0, 0.1) is 0 Å². The van der Waals surface area contributed by atoms with E-state index < -0.39 is 5.97 Å². The Bertz CT molecular complexity index is 669. The molecule has 4 rings (SSSR count). The largest absolute Gasteiger partial charge is 0.476 e. The van der Waals surface area contributed by atoms with Crippen molar-refractivity contribution in [3.8, 4) is 0 Å². The molecule has 1 saturated carbocycles. The maximum Gasteiger partial charge on any atom is 0.358 e. The molecule has 1 aliphatic carbocycles. The minimum atomic E-state index is -1.05. The summed E-state index contributed by atoms with van der Waals surface area (Å²) in [7, 11) is 0. The quantitative estimate of drug-likeness (QED) is 0.772. The van der Waals surface area contributed by atoms with Gasteiger partial charge in [-0.2, -0.15) is 0 Å². The molecule has 0 spiro atoms. The zero-order valence-corrected chi connectivity index (χ0v) is 11.2. The first-order valence-corrected chi connectivity index (χ1v) is 6.85. The number of tetrazole rings is 1. The van der Waals surface area contributed by atoms with Gasteiger partial charge in [0.15, 0.2) is 11.5 Å². The first-order valence-electron chi connectivity index (χ1n) is 6.85. The second-order valence-electron chi connectivity index (χ2n) is 5.51. The van der Waals surface area contributed by atoms with E-state index in [4.69, 9.17) is 5.11 Å². The molecule has 21 heavy (non-hydrogen) atoms. The highest BCUT2D eigenvalue weighted by Crippen LogP contribution is 2.35. The molecule has 3 heterocycles. The highest BCUT2D eigenvalue weighted by Gasteiger charge is 2.33. The van der Waals surface area contributed by atoms with Crippen molar-refractivity contribution in [2.24, 2.45) is 0 Å². The van der Waals surface area contributed by atoms with Crippen LogP contribution in [0.1, 0.15) is 41.2 Å². The summed E-state index contributed by atoms with van der Waals surface area (Å²) >= 11 is 0. The Labute approximate surface area is 119 Å². The van der Waals surface area contributed by atoms with Crippen LogP contribution in [0.25, 0.3) is 0 Å². The Morgan fingerprint density at radius 3 is 2.71 bits per heavy atom. The molecular formula is C11H14N8O2. The number of hydrogen-bond acceptors (Lipinski definition) is 7. The third-order valence-corrected chi connectivity index (χ3v) is 3.86. The standard InChI is InChI=1S/C11H14N8O2/c20-11(21)9-5-18(15-12-9)8-3-17(4-8)6-10-13-14-16-19(10)7-1-2-7/h5,7-8H,1-4,6H2,(H,20,21). The summed E-state index contributed by atoms with van der Waals surface area (Å²) in [5.41, 5.74) is -0.0221. The fourth-order valence-electron chi connectivity index (χ4n) is 2.51. The molecule has 0 unspecified atom stereocenters. The van der Waals surface area contributed by atoms with Crippen LogP contribution in [-0.4, -0.2) is 64.3 Å². The van der Waals surface area contributed by atoms with E-state index in [1.807, 2.05) is 4.68 Å². The van der Waals surface area contributed by atoms with Crippen LogP contribution in [0.15, 0.2) is 6.20 Å². The van der Waals surface area contributed by atoms with E-state index in [1.54, 1.807) is 4.68 Å². The van der Waals surface area contributed by atoms with Crippen LogP contribution >= 0.6 is 0 Å². The van der Waals surface area contributed by atoms with E-state index >= 15 is 0 Å². The number of likely N-dealkylation sites (tertiary alicyclic amines) is 1. The normalized spacial score (nSPS) is 19.6. The number of carbonyl (C=O) groups is 1. The number of hydrogen-bond donors (Lipinski definition) is 1. The lowest BCUT2D eigenvalue weighted by atomic mass is 10.1. The third-order valence-electron chi connectivity index (χ3n) is 3.86. The number of carboxylic acids is 1. The van der Waals surface area contributed by atoms with Crippen molar-refractivity contribution in [2.75, 3.05) is 13.1 Å². The summed E-state index contributed by atoms with van der Waals surface area (Å²) < 4.78 is 3.52. The summed E-state index contributed by atoms with van der Waals surface area (Å²) in [6.07, 6.45) is 3.77. The lowest BCUT2D eigenvalue weighted by Crippen LogP contribution is -2.47. The van der Waals surface area contributed by atoms with Gasteiger partial charge in [0, 0.05) is 13.1 Å². The Morgan fingerprint density at radius 2 is 2.05 bits per heavy atom. The fraction of sp³-hybridized carbons (Fsp3) is 0.636. The Morgan fingerprint density at radius 1 is 1.24 bits per heavy atom. The van der Waals surface area contributed by atoms with Gasteiger partial charge in [-0.15, -0.1) is 10.2 Å². The maximum atomic E-state index is 10.8. The summed E-state index contributed by atoms with van der Waals surface area (Å²) in [6.45, 7) is 2.29. The molecule has 10 nitrogen and oxygen atoms in total. The summed E-state index contributed by atoms with van der Waals surface area (Å²) in [5, 5.41) is 28.2. The topological polar surface area (TPSA) is 115 Å². The van der Waals surface area contributed by atoms with Gasteiger partial charge in [-0.1, -0.05) is 5.21 Å².